The topological polar surface area (TPSA) is 107 Å². The van der Waals surface area contributed by atoms with Crippen molar-refractivity contribution in [2.45, 2.75) is 19.3 Å². The Bertz CT molecular complexity index is 1240. The molecular formula is C26H23N3O4. The van der Waals surface area contributed by atoms with E-state index in [0.717, 1.165) is 11.1 Å². The Kier molecular flexibility index (Phi) is 6.27. The van der Waals surface area contributed by atoms with Gasteiger partial charge < -0.3 is 15.8 Å². The van der Waals surface area contributed by atoms with Crippen molar-refractivity contribution in [3.05, 3.63) is 93.0 Å². The number of hydrogen-bond acceptors (Lipinski definition) is 5. The standard InChI is InChI=1S/C26H23N3O4/c1-17-14-18(24(27)15-25(17)29(31)32)8-6-7-13-28-26(30)33-16-23-21-11-4-2-9-19(21)20-10-3-5-12-22(20)23/h2-5,9-12,14-15,23H,7,13,16,27H2,1H3,(H,28,30). The minimum Gasteiger partial charge on any atom is -0.449 e. The van der Waals surface area contributed by atoms with Crippen LogP contribution >= 0.6 is 0 Å². The lowest BCUT2D eigenvalue weighted by molar-refractivity contribution is -0.385. The molecule has 0 heterocycles. The second-order valence-corrected chi connectivity index (χ2v) is 7.79. The summed E-state index contributed by atoms with van der Waals surface area (Å²) in [4.78, 5) is 22.7. The average molecular weight is 441 g/mol. The molecule has 33 heavy (non-hydrogen) atoms. The molecule has 0 saturated heterocycles. The first-order valence-corrected chi connectivity index (χ1v) is 10.6. The third-order valence-electron chi connectivity index (χ3n) is 5.65. The molecule has 3 aromatic rings. The van der Waals surface area contributed by atoms with Crippen molar-refractivity contribution in [1.82, 2.24) is 5.32 Å². The number of alkyl carbamates (subject to hydrolysis) is 1. The monoisotopic (exact) mass is 441 g/mol. The average Bonchev–Trinajstić information content (AvgIpc) is 3.13. The Morgan fingerprint density at radius 2 is 1.76 bits per heavy atom. The number of carbonyl (C=O) groups excluding carboxylic acids is 1. The minimum absolute atomic E-state index is 0.0105. The van der Waals surface area contributed by atoms with Crippen molar-refractivity contribution in [1.29, 1.82) is 0 Å². The summed E-state index contributed by atoms with van der Waals surface area (Å²) < 4.78 is 5.49. The number of nitrogens with zero attached hydrogens (tertiary/aromatic N) is 1. The van der Waals surface area contributed by atoms with Crippen LogP contribution in [0, 0.1) is 28.9 Å². The number of nitro benzene ring substituents is 1. The summed E-state index contributed by atoms with van der Waals surface area (Å²) in [5, 5.41) is 13.7. The highest BCUT2D eigenvalue weighted by atomic mass is 16.6. The van der Waals surface area contributed by atoms with Crippen LogP contribution in [0.5, 0.6) is 0 Å². The summed E-state index contributed by atoms with van der Waals surface area (Å²) in [5.41, 5.74) is 11.8. The molecule has 0 bridgehead atoms. The predicted octanol–water partition coefficient (Wildman–Crippen LogP) is 4.77. The highest BCUT2D eigenvalue weighted by Gasteiger charge is 2.28. The van der Waals surface area contributed by atoms with Crippen molar-refractivity contribution in [2.75, 3.05) is 18.9 Å². The summed E-state index contributed by atoms with van der Waals surface area (Å²) in [5.74, 6) is 5.84. The van der Waals surface area contributed by atoms with Gasteiger partial charge in [-0.2, -0.15) is 0 Å². The highest BCUT2D eigenvalue weighted by molar-refractivity contribution is 5.79. The number of benzene rings is 3. The first-order valence-electron chi connectivity index (χ1n) is 10.6. The number of rotatable bonds is 5. The summed E-state index contributed by atoms with van der Waals surface area (Å²) in [6, 6.07) is 19.2. The molecule has 166 valence electrons. The lowest BCUT2D eigenvalue weighted by Gasteiger charge is -2.14. The number of hydrogen-bond donors (Lipinski definition) is 2. The van der Waals surface area contributed by atoms with Crippen molar-refractivity contribution < 1.29 is 14.5 Å². The molecule has 0 atom stereocenters. The lowest BCUT2D eigenvalue weighted by Crippen LogP contribution is -2.26. The van der Waals surface area contributed by atoms with Gasteiger partial charge in [-0.25, -0.2) is 4.79 Å². The molecule has 0 saturated carbocycles. The Balaban J connectivity index is 1.30. The molecule has 0 unspecified atom stereocenters. The Hall–Kier alpha value is -4.31. The first kappa shape index (κ1) is 21.9. The molecular weight excluding hydrogens is 418 g/mol. The van der Waals surface area contributed by atoms with Gasteiger partial charge in [0.15, 0.2) is 0 Å². The number of nitrogens with one attached hydrogen (secondary N) is 1. The predicted molar refractivity (Wildman–Crippen MR) is 127 cm³/mol. The zero-order valence-electron chi connectivity index (χ0n) is 18.1. The quantitative estimate of drug-likeness (QED) is 0.195. The number of aryl methyl sites for hydroxylation is 1. The van der Waals surface area contributed by atoms with Crippen molar-refractivity contribution in [3.63, 3.8) is 0 Å². The summed E-state index contributed by atoms with van der Waals surface area (Å²) in [6.07, 6.45) is -0.107. The van der Waals surface area contributed by atoms with Gasteiger partial charge in [0.2, 0.25) is 0 Å². The zero-order chi connectivity index (χ0) is 23.4. The first-order chi connectivity index (χ1) is 16.0. The van der Waals surface area contributed by atoms with E-state index in [0.29, 0.717) is 24.1 Å². The third-order valence-corrected chi connectivity index (χ3v) is 5.65. The van der Waals surface area contributed by atoms with E-state index in [2.05, 4.69) is 41.4 Å². The molecule has 0 aromatic heterocycles. The fraction of sp³-hybridized carbons (Fsp3) is 0.192. The summed E-state index contributed by atoms with van der Waals surface area (Å²) in [6.45, 7) is 2.21. The zero-order valence-corrected chi connectivity index (χ0v) is 18.1. The second kappa shape index (κ2) is 9.45. The number of fused-ring (bicyclic) bond motifs is 3. The van der Waals surface area contributed by atoms with Gasteiger partial charge in [0.05, 0.1) is 10.6 Å². The second-order valence-electron chi connectivity index (χ2n) is 7.79. The maximum atomic E-state index is 12.2. The number of nitro groups is 1. The van der Waals surface area contributed by atoms with E-state index in [1.54, 1.807) is 13.0 Å². The molecule has 1 aliphatic carbocycles. The van der Waals surface area contributed by atoms with Gasteiger partial charge in [-0.3, -0.25) is 10.1 Å². The largest absolute Gasteiger partial charge is 0.449 e. The number of carbonyl (C=O) groups is 1. The van der Waals surface area contributed by atoms with Crippen LogP contribution in [0.15, 0.2) is 60.7 Å². The van der Waals surface area contributed by atoms with Crippen LogP contribution in [0.2, 0.25) is 0 Å². The summed E-state index contributed by atoms with van der Waals surface area (Å²) in [7, 11) is 0. The van der Waals surface area contributed by atoms with E-state index in [1.807, 2.05) is 24.3 Å². The van der Waals surface area contributed by atoms with Crippen molar-refractivity contribution >= 4 is 17.5 Å². The van der Waals surface area contributed by atoms with Gasteiger partial charge in [0.25, 0.3) is 5.69 Å². The molecule has 0 radical (unpaired) electrons. The Morgan fingerprint density at radius 3 is 2.39 bits per heavy atom. The van der Waals surface area contributed by atoms with Crippen molar-refractivity contribution in [2.24, 2.45) is 0 Å². The van der Waals surface area contributed by atoms with Crippen LogP contribution in [0.25, 0.3) is 11.1 Å². The van der Waals surface area contributed by atoms with Crippen LogP contribution in [0.4, 0.5) is 16.2 Å². The van der Waals surface area contributed by atoms with Gasteiger partial charge in [0, 0.05) is 36.1 Å². The molecule has 1 amide bonds. The van der Waals surface area contributed by atoms with Crippen LogP contribution in [0.3, 0.4) is 0 Å². The normalized spacial score (nSPS) is 11.7. The molecule has 0 fully saturated rings. The van der Waals surface area contributed by atoms with Gasteiger partial charge in [-0.15, -0.1) is 0 Å². The smallest absolute Gasteiger partial charge is 0.407 e. The van der Waals surface area contributed by atoms with E-state index in [4.69, 9.17) is 10.5 Å². The van der Waals surface area contributed by atoms with Crippen LogP contribution in [-0.4, -0.2) is 24.2 Å². The maximum absolute atomic E-state index is 12.2. The number of anilines is 1. The van der Waals surface area contributed by atoms with Crippen LogP contribution < -0.4 is 11.1 Å². The molecule has 7 heteroatoms. The third kappa shape index (κ3) is 4.65. The SMILES string of the molecule is Cc1cc(C#CCCNC(=O)OCC2c3ccccc3-c3ccccc32)c(N)cc1[N+](=O)[O-]. The molecule has 3 N–H and O–H groups in total. The molecule has 0 aliphatic heterocycles. The fourth-order valence-corrected chi connectivity index (χ4v) is 4.05. The van der Waals surface area contributed by atoms with Gasteiger partial charge in [-0.05, 0) is 35.2 Å². The molecule has 7 nitrogen and oxygen atoms in total. The fourth-order valence-electron chi connectivity index (χ4n) is 4.05. The van der Waals surface area contributed by atoms with Gasteiger partial charge in [0.1, 0.15) is 6.61 Å². The number of nitrogens with two attached hydrogens (primary N) is 1. The molecule has 4 rings (SSSR count). The van der Waals surface area contributed by atoms with Crippen LogP contribution in [0.1, 0.15) is 34.6 Å². The molecule has 1 aliphatic rings. The van der Waals surface area contributed by atoms with E-state index in [-0.39, 0.29) is 23.9 Å². The minimum atomic E-state index is -0.496. The molecule has 3 aromatic carbocycles. The van der Waals surface area contributed by atoms with Crippen molar-refractivity contribution in [3.8, 4) is 23.0 Å². The number of amides is 1. The Labute approximate surface area is 191 Å². The maximum Gasteiger partial charge on any atom is 0.407 e. The number of ether oxygens (including phenoxy) is 1. The highest BCUT2D eigenvalue weighted by Crippen LogP contribution is 2.44. The van der Waals surface area contributed by atoms with E-state index >= 15 is 0 Å². The number of nitrogen functional groups attached to an aromatic ring is 1. The van der Waals surface area contributed by atoms with E-state index in [1.165, 1.54) is 17.2 Å². The van der Waals surface area contributed by atoms with Gasteiger partial charge >= 0.3 is 6.09 Å². The van der Waals surface area contributed by atoms with E-state index in [9.17, 15) is 14.9 Å². The summed E-state index contributed by atoms with van der Waals surface area (Å²) >= 11 is 0. The van der Waals surface area contributed by atoms with Gasteiger partial charge in [-0.1, -0.05) is 60.4 Å². The lowest BCUT2D eigenvalue weighted by atomic mass is 9.98. The van der Waals surface area contributed by atoms with E-state index < -0.39 is 11.0 Å². The Morgan fingerprint density at radius 1 is 1.12 bits per heavy atom. The molecule has 0 spiro atoms. The van der Waals surface area contributed by atoms with Crippen LogP contribution in [-0.2, 0) is 4.74 Å².